The summed E-state index contributed by atoms with van der Waals surface area (Å²) in [5, 5.41) is 2.23. The number of alkyl halides is 5. The molecule has 0 saturated heterocycles. The molecule has 1 aromatic carbocycles. The van der Waals surface area contributed by atoms with Crippen LogP contribution in [-0.2, 0) is 22.1 Å². The Morgan fingerprint density at radius 3 is 2.33 bits per heavy atom. The second kappa shape index (κ2) is 7.74. The van der Waals surface area contributed by atoms with Crippen molar-refractivity contribution in [2.45, 2.75) is 49.6 Å². The quantitative estimate of drug-likeness (QED) is 0.646. The minimum atomic E-state index is -4.61. The maximum atomic E-state index is 14.6. The van der Waals surface area contributed by atoms with Gasteiger partial charge in [0, 0.05) is 30.4 Å². The van der Waals surface area contributed by atoms with Crippen molar-refractivity contribution < 1.29 is 31.5 Å². The van der Waals surface area contributed by atoms with Gasteiger partial charge in [-0.1, -0.05) is 19.1 Å². The lowest BCUT2D eigenvalue weighted by Gasteiger charge is -2.22. The van der Waals surface area contributed by atoms with Gasteiger partial charge in [0.05, 0.1) is 12.1 Å². The molecule has 2 atom stereocenters. The number of amides is 2. The molecule has 0 radical (unpaired) electrons. The van der Waals surface area contributed by atoms with E-state index >= 15 is 0 Å². The normalized spacial score (nSPS) is 23.1. The summed E-state index contributed by atoms with van der Waals surface area (Å²) in [6, 6.07) is 4.51. The van der Waals surface area contributed by atoms with E-state index in [-0.39, 0.29) is 17.9 Å². The van der Waals surface area contributed by atoms with Crippen molar-refractivity contribution >= 4 is 17.8 Å². The van der Waals surface area contributed by atoms with E-state index in [2.05, 4.69) is 15.3 Å². The van der Waals surface area contributed by atoms with E-state index in [1.165, 1.54) is 19.2 Å². The average molecular weight is 468 g/mol. The van der Waals surface area contributed by atoms with Crippen molar-refractivity contribution in [1.82, 2.24) is 14.9 Å². The molecule has 1 N–H and O–H groups in total. The zero-order chi connectivity index (χ0) is 24.2. The molecule has 0 unspecified atom stereocenters. The van der Waals surface area contributed by atoms with Gasteiger partial charge in [0.1, 0.15) is 11.8 Å². The number of hydrogen-bond acceptors (Lipinski definition) is 4. The van der Waals surface area contributed by atoms with Crippen LogP contribution in [0.3, 0.4) is 0 Å². The predicted octanol–water partition coefficient (Wildman–Crippen LogP) is 4.16. The van der Waals surface area contributed by atoms with E-state index < -0.39 is 47.4 Å². The van der Waals surface area contributed by atoms with Gasteiger partial charge in [-0.25, -0.2) is 18.7 Å². The molecule has 2 aromatic rings. The van der Waals surface area contributed by atoms with Crippen molar-refractivity contribution in [3.8, 4) is 0 Å². The fourth-order valence-electron chi connectivity index (χ4n) is 3.67. The van der Waals surface area contributed by atoms with Crippen LogP contribution in [0.4, 0.5) is 27.9 Å². The Bertz CT molecular complexity index is 1100. The number of halogens is 5. The molecule has 4 rings (SSSR count). The molecule has 2 aliphatic carbocycles. The Morgan fingerprint density at radius 1 is 1.21 bits per heavy atom. The maximum absolute atomic E-state index is 14.6. The number of aromatic nitrogens is 2. The molecule has 6 nitrogen and oxygen atoms in total. The largest absolute Gasteiger partial charge is 0.419 e. The summed E-state index contributed by atoms with van der Waals surface area (Å²) in [6.07, 6.45) is -3.73. The molecular weight excluding hydrogens is 447 g/mol. The Labute approximate surface area is 186 Å². The molecule has 2 saturated carbocycles. The summed E-state index contributed by atoms with van der Waals surface area (Å²) in [7, 11) is 1.35. The SMILES string of the molecule is CN(CC(=O)Nc1ncc(C(F)(F)F)cn1)C(=O)c1ccc(C2(F)CC2)cc1[C@]1(C)C[C@H]1F. The van der Waals surface area contributed by atoms with Crippen LogP contribution in [0.25, 0.3) is 0 Å². The van der Waals surface area contributed by atoms with Crippen LogP contribution >= 0.6 is 0 Å². The highest BCUT2D eigenvalue weighted by molar-refractivity contribution is 6.00. The van der Waals surface area contributed by atoms with Gasteiger partial charge in [0.2, 0.25) is 11.9 Å². The molecule has 176 valence electrons. The van der Waals surface area contributed by atoms with E-state index in [1.807, 2.05) is 0 Å². The minimum Gasteiger partial charge on any atom is -0.332 e. The molecule has 2 amide bonds. The van der Waals surface area contributed by atoms with E-state index in [9.17, 15) is 31.5 Å². The number of carbonyl (C=O) groups is 2. The molecule has 11 heteroatoms. The second-order valence-electron chi connectivity index (χ2n) is 8.82. The highest BCUT2D eigenvalue weighted by Gasteiger charge is 2.55. The smallest absolute Gasteiger partial charge is 0.332 e. The number of carbonyl (C=O) groups excluding carboxylic acids is 2. The minimum absolute atomic E-state index is 0.173. The van der Waals surface area contributed by atoms with Crippen LogP contribution < -0.4 is 5.32 Å². The lowest BCUT2D eigenvalue weighted by Crippen LogP contribution is -2.36. The Morgan fingerprint density at radius 2 is 1.82 bits per heavy atom. The van der Waals surface area contributed by atoms with Crippen LogP contribution in [0, 0.1) is 0 Å². The summed E-state index contributed by atoms with van der Waals surface area (Å²) in [5.74, 6) is -1.64. The number of benzene rings is 1. The van der Waals surface area contributed by atoms with Crippen molar-refractivity contribution in [3.63, 3.8) is 0 Å². The standard InChI is InChI=1S/C22H21F5N4O2/c1-20(8-16(20)23)15-7-12(21(24)5-6-21)3-4-14(15)18(33)31(2)11-17(32)30-19-28-9-13(10-29-19)22(25,26)27/h3-4,7,9-10,16H,5-6,8,11H2,1-2H3,(H,28,29,30,32)/t16-,20+/m1/s1. The van der Waals surface area contributed by atoms with Gasteiger partial charge in [-0.05, 0) is 36.5 Å². The molecule has 0 spiro atoms. The first-order valence-corrected chi connectivity index (χ1v) is 10.3. The highest BCUT2D eigenvalue weighted by atomic mass is 19.4. The lowest BCUT2D eigenvalue weighted by molar-refractivity contribution is -0.138. The van der Waals surface area contributed by atoms with Crippen LogP contribution in [-0.4, -0.2) is 46.4 Å². The predicted molar refractivity (Wildman–Crippen MR) is 108 cm³/mol. The molecule has 1 heterocycles. The van der Waals surface area contributed by atoms with Crippen LogP contribution in [0.5, 0.6) is 0 Å². The van der Waals surface area contributed by atoms with Crippen molar-refractivity contribution in [1.29, 1.82) is 0 Å². The zero-order valence-corrected chi connectivity index (χ0v) is 17.8. The number of likely N-dealkylation sites (N-methyl/N-ethyl adjacent to an activating group) is 1. The fraction of sp³-hybridized carbons (Fsp3) is 0.455. The van der Waals surface area contributed by atoms with Gasteiger partial charge in [0.25, 0.3) is 5.91 Å². The zero-order valence-electron chi connectivity index (χ0n) is 17.8. The molecule has 2 fully saturated rings. The molecule has 0 bridgehead atoms. The Kier molecular flexibility index (Phi) is 5.41. The van der Waals surface area contributed by atoms with Gasteiger partial charge in [-0.15, -0.1) is 0 Å². The summed E-state index contributed by atoms with van der Waals surface area (Å²) >= 11 is 0. The van der Waals surface area contributed by atoms with E-state index in [4.69, 9.17) is 0 Å². The second-order valence-corrected chi connectivity index (χ2v) is 8.82. The number of rotatable bonds is 6. The first kappa shape index (κ1) is 23.1. The van der Waals surface area contributed by atoms with Crippen LogP contribution in [0.2, 0.25) is 0 Å². The molecule has 1 aromatic heterocycles. The first-order chi connectivity index (χ1) is 15.3. The van der Waals surface area contributed by atoms with Gasteiger partial charge >= 0.3 is 6.18 Å². The average Bonchev–Trinajstić information content (AvgIpc) is 3.64. The monoisotopic (exact) mass is 468 g/mol. The maximum Gasteiger partial charge on any atom is 0.419 e. The first-order valence-electron chi connectivity index (χ1n) is 10.3. The molecule has 33 heavy (non-hydrogen) atoms. The van der Waals surface area contributed by atoms with Gasteiger partial charge < -0.3 is 4.90 Å². The third kappa shape index (κ3) is 4.53. The van der Waals surface area contributed by atoms with Crippen molar-refractivity contribution in [2.75, 3.05) is 18.9 Å². The van der Waals surface area contributed by atoms with Gasteiger partial charge in [-0.2, -0.15) is 13.2 Å². The summed E-state index contributed by atoms with van der Waals surface area (Å²) in [4.78, 5) is 33.3. The van der Waals surface area contributed by atoms with E-state index in [1.54, 1.807) is 13.0 Å². The number of nitrogens with zero attached hydrogens (tertiary/aromatic N) is 3. The van der Waals surface area contributed by atoms with Gasteiger partial charge in [0.15, 0.2) is 0 Å². The number of hydrogen-bond donors (Lipinski definition) is 1. The topological polar surface area (TPSA) is 75.2 Å². The molecular formula is C22H21F5N4O2. The van der Waals surface area contributed by atoms with Gasteiger partial charge in [-0.3, -0.25) is 14.9 Å². The summed E-state index contributed by atoms with van der Waals surface area (Å²) in [5.41, 5.74) is -2.42. The summed E-state index contributed by atoms with van der Waals surface area (Å²) < 4.78 is 66.4. The Hall–Kier alpha value is -3.11. The van der Waals surface area contributed by atoms with Crippen molar-refractivity contribution in [3.05, 3.63) is 52.8 Å². The molecule has 0 aliphatic heterocycles. The fourth-order valence-corrected chi connectivity index (χ4v) is 3.67. The van der Waals surface area contributed by atoms with Crippen molar-refractivity contribution in [2.24, 2.45) is 0 Å². The Balaban J connectivity index is 1.47. The highest BCUT2D eigenvalue weighted by Crippen LogP contribution is 2.55. The number of nitrogens with one attached hydrogen (secondary N) is 1. The van der Waals surface area contributed by atoms with Crippen LogP contribution in [0.1, 0.15) is 53.2 Å². The third-order valence-electron chi connectivity index (χ3n) is 6.16. The lowest BCUT2D eigenvalue weighted by atomic mass is 9.89. The van der Waals surface area contributed by atoms with Crippen LogP contribution in [0.15, 0.2) is 30.6 Å². The third-order valence-corrected chi connectivity index (χ3v) is 6.16. The number of anilines is 1. The van der Waals surface area contributed by atoms with E-state index in [0.717, 1.165) is 4.90 Å². The molecule has 2 aliphatic rings. The van der Waals surface area contributed by atoms with E-state index in [0.29, 0.717) is 36.4 Å². The summed E-state index contributed by atoms with van der Waals surface area (Å²) in [6.45, 7) is 1.22.